The van der Waals surface area contributed by atoms with E-state index in [1.54, 1.807) is 17.8 Å². The first-order valence-electron chi connectivity index (χ1n) is 8.62. The number of aliphatic carboxylic acids is 1. The first kappa shape index (κ1) is 17.9. The largest absolute Gasteiger partial charge is 0.489 e. The van der Waals surface area contributed by atoms with Crippen molar-refractivity contribution < 1.29 is 14.6 Å². The molecule has 0 saturated heterocycles. The molecule has 26 heavy (non-hydrogen) atoms. The first-order valence-corrected chi connectivity index (χ1v) is 8.62. The van der Waals surface area contributed by atoms with Gasteiger partial charge in [0, 0.05) is 7.05 Å². The topological polar surface area (TPSA) is 114 Å². The van der Waals surface area contributed by atoms with Gasteiger partial charge in [0.1, 0.15) is 11.4 Å². The monoisotopic (exact) mass is 355 g/mol. The number of nitrogens with zero attached hydrogens (tertiary/aromatic N) is 5. The third-order valence-electron chi connectivity index (χ3n) is 4.74. The van der Waals surface area contributed by atoms with Gasteiger partial charge >= 0.3 is 5.97 Å². The van der Waals surface area contributed by atoms with Crippen LogP contribution in [0, 0.1) is 24.2 Å². The fourth-order valence-corrected chi connectivity index (χ4v) is 3.31. The quantitative estimate of drug-likeness (QED) is 0.875. The molecule has 1 N–H and O–H groups in total. The fraction of sp³-hybridized carbons (Fsp3) is 0.500. The SMILES string of the molecule is Cc1nc(-c2nnn(C)c2CC#N)ccc1O[C@H]1CCC[C@H](C(=O)O)C1. The highest BCUT2D eigenvalue weighted by Gasteiger charge is 2.28. The average Bonchev–Trinajstić information content (AvgIpc) is 2.98. The average molecular weight is 355 g/mol. The molecule has 0 spiro atoms. The number of carbonyl (C=O) groups is 1. The Hall–Kier alpha value is -2.95. The predicted octanol–water partition coefficient (Wildman–Crippen LogP) is 2.27. The number of aromatic nitrogens is 4. The van der Waals surface area contributed by atoms with Gasteiger partial charge in [0.05, 0.1) is 41.6 Å². The molecule has 0 aliphatic heterocycles. The molecule has 1 aliphatic carbocycles. The van der Waals surface area contributed by atoms with Gasteiger partial charge in [-0.25, -0.2) is 4.98 Å². The molecule has 0 bridgehead atoms. The van der Waals surface area contributed by atoms with Crippen LogP contribution in [0.5, 0.6) is 5.75 Å². The Kier molecular flexibility index (Phi) is 5.16. The zero-order chi connectivity index (χ0) is 18.7. The molecule has 8 heteroatoms. The van der Waals surface area contributed by atoms with Gasteiger partial charge in [-0.3, -0.25) is 9.48 Å². The fourth-order valence-electron chi connectivity index (χ4n) is 3.31. The maximum atomic E-state index is 11.2. The maximum absolute atomic E-state index is 11.2. The van der Waals surface area contributed by atoms with Gasteiger partial charge in [-0.15, -0.1) is 5.10 Å². The summed E-state index contributed by atoms with van der Waals surface area (Å²) in [4.78, 5) is 15.8. The summed E-state index contributed by atoms with van der Waals surface area (Å²) in [5.41, 5.74) is 2.64. The standard InChI is InChI=1S/C18H21N5O3/c1-11-16(26-13-5-3-4-12(10-13)18(24)25)7-6-14(20-11)17-15(8-9-19)23(2)22-21-17/h6-7,12-13H,3-5,8,10H2,1-2H3,(H,24,25)/t12-,13-/m0/s1. The number of rotatable bonds is 5. The lowest BCUT2D eigenvalue weighted by molar-refractivity contribution is -0.143. The van der Waals surface area contributed by atoms with E-state index in [0.29, 0.717) is 41.4 Å². The van der Waals surface area contributed by atoms with Crippen molar-refractivity contribution >= 4 is 5.97 Å². The molecule has 2 atom stereocenters. The molecule has 2 aromatic heterocycles. The van der Waals surface area contributed by atoms with Gasteiger partial charge in [0.25, 0.3) is 0 Å². The van der Waals surface area contributed by atoms with Crippen molar-refractivity contribution in [3.8, 4) is 23.2 Å². The molecule has 1 saturated carbocycles. The van der Waals surface area contributed by atoms with Gasteiger partial charge in [0.2, 0.25) is 0 Å². The van der Waals surface area contributed by atoms with Crippen LogP contribution >= 0.6 is 0 Å². The molecule has 0 amide bonds. The summed E-state index contributed by atoms with van der Waals surface area (Å²) in [5, 5.41) is 26.3. The zero-order valence-electron chi connectivity index (χ0n) is 14.8. The van der Waals surface area contributed by atoms with E-state index in [2.05, 4.69) is 21.4 Å². The summed E-state index contributed by atoms with van der Waals surface area (Å²) in [6.45, 7) is 1.84. The van der Waals surface area contributed by atoms with Crippen LogP contribution in [0.4, 0.5) is 0 Å². The number of carboxylic acid groups (broad SMARTS) is 1. The summed E-state index contributed by atoms with van der Waals surface area (Å²) in [5.74, 6) is -0.443. The van der Waals surface area contributed by atoms with E-state index in [1.807, 2.05) is 13.0 Å². The zero-order valence-corrected chi connectivity index (χ0v) is 14.8. The highest BCUT2D eigenvalue weighted by molar-refractivity contribution is 5.70. The molecule has 1 fully saturated rings. The molecule has 136 valence electrons. The highest BCUT2D eigenvalue weighted by atomic mass is 16.5. The van der Waals surface area contributed by atoms with Gasteiger partial charge in [-0.05, 0) is 44.7 Å². The molecule has 0 radical (unpaired) electrons. The highest BCUT2D eigenvalue weighted by Crippen LogP contribution is 2.30. The van der Waals surface area contributed by atoms with E-state index >= 15 is 0 Å². The second-order valence-electron chi connectivity index (χ2n) is 6.56. The van der Waals surface area contributed by atoms with Crippen LogP contribution in [0.3, 0.4) is 0 Å². The summed E-state index contributed by atoms with van der Waals surface area (Å²) < 4.78 is 7.60. The van der Waals surface area contributed by atoms with E-state index in [0.717, 1.165) is 12.8 Å². The Balaban J connectivity index is 1.78. The van der Waals surface area contributed by atoms with E-state index in [1.165, 1.54) is 0 Å². The molecular formula is C18H21N5O3. The number of hydrogen-bond donors (Lipinski definition) is 1. The lowest BCUT2D eigenvalue weighted by atomic mass is 9.87. The Labute approximate surface area is 151 Å². The molecule has 2 aromatic rings. The van der Waals surface area contributed by atoms with E-state index in [4.69, 9.17) is 10.00 Å². The van der Waals surface area contributed by atoms with Crippen LogP contribution in [0.1, 0.15) is 37.1 Å². The minimum Gasteiger partial charge on any atom is -0.489 e. The van der Waals surface area contributed by atoms with Crippen LogP contribution in [0.15, 0.2) is 12.1 Å². The normalized spacial score (nSPS) is 19.7. The summed E-state index contributed by atoms with van der Waals surface area (Å²) in [6.07, 6.45) is 3.02. The van der Waals surface area contributed by atoms with Gasteiger partial charge in [-0.2, -0.15) is 5.26 Å². The van der Waals surface area contributed by atoms with Crippen LogP contribution < -0.4 is 4.74 Å². The lowest BCUT2D eigenvalue weighted by Crippen LogP contribution is -2.29. The van der Waals surface area contributed by atoms with Crippen LogP contribution in [0.2, 0.25) is 0 Å². The molecule has 1 aliphatic rings. The number of ether oxygens (including phenoxy) is 1. The Morgan fingerprint density at radius 2 is 2.27 bits per heavy atom. The Morgan fingerprint density at radius 1 is 1.46 bits per heavy atom. The second-order valence-corrected chi connectivity index (χ2v) is 6.56. The lowest BCUT2D eigenvalue weighted by Gasteiger charge is -2.27. The van der Waals surface area contributed by atoms with E-state index in [9.17, 15) is 9.90 Å². The van der Waals surface area contributed by atoms with Crippen molar-refractivity contribution in [2.45, 2.75) is 45.1 Å². The van der Waals surface area contributed by atoms with Crippen molar-refractivity contribution in [2.75, 3.05) is 0 Å². The van der Waals surface area contributed by atoms with Crippen molar-refractivity contribution in [3.63, 3.8) is 0 Å². The minimum atomic E-state index is -0.754. The second kappa shape index (κ2) is 7.52. The smallest absolute Gasteiger partial charge is 0.306 e. The Bertz CT molecular complexity index is 855. The number of pyridine rings is 1. The third-order valence-corrected chi connectivity index (χ3v) is 4.74. The van der Waals surface area contributed by atoms with Crippen LogP contribution in [0.25, 0.3) is 11.4 Å². The van der Waals surface area contributed by atoms with Crippen molar-refractivity contribution in [2.24, 2.45) is 13.0 Å². The summed E-state index contributed by atoms with van der Waals surface area (Å²) >= 11 is 0. The Morgan fingerprint density at radius 3 is 2.96 bits per heavy atom. The number of aryl methyl sites for hydroxylation is 2. The van der Waals surface area contributed by atoms with E-state index in [-0.39, 0.29) is 18.4 Å². The molecule has 2 heterocycles. The van der Waals surface area contributed by atoms with Crippen molar-refractivity contribution in [1.29, 1.82) is 5.26 Å². The molecular weight excluding hydrogens is 334 g/mol. The van der Waals surface area contributed by atoms with Crippen LogP contribution in [-0.2, 0) is 18.3 Å². The van der Waals surface area contributed by atoms with Gasteiger partial charge in [0.15, 0.2) is 0 Å². The van der Waals surface area contributed by atoms with Gasteiger partial charge in [-0.1, -0.05) is 5.21 Å². The van der Waals surface area contributed by atoms with Gasteiger partial charge < -0.3 is 9.84 Å². The molecule has 3 rings (SSSR count). The first-order chi connectivity index (χ1) is 12.5. The molecule has 0 aromatic carbocycles. The molecule has 0 unspecified atom stereocenters. The predicted molar refractivity (Wildman–Crippen MR) is 92.3 cm³/mol. The number of hydrogen-bond acceptors (Lipinski definition) is 6. The summed E-state index contributed by atoms with van der Waals surface area (Å²) in [7, 11) is 1.75. The molecule has 8 nitrogen and oxygen atoms in total. The van der Waals surface area contributed by atoms with Crippen molar-refractivity contribution in [1.82, 2.24) is 20.0 Å². The van der Waals surface area contributed by atoms with Crippen LogP contribution in [-0.4, -0.2) is 37.2 Å². The van der Waals surface area contributed by atoms with E-state index < -0.39 is 5.97 Å². The number of nitriles is 1. The minimum absolute atomic E-state index is 0.109. The van der Waals surface area contributed by atoms with Crippen molar-refractivity contribution in [3.05, 3.63) is 23.5 Å². The third kappa shape index (κ3) is 3.67. The maximum Gasteiger partial charge on any atom is 0.306 e. The number of carboxylic acids is 1. The summed E-state index contributed by atoms with van der Waals surface area (Å²) in [6, 6.07) is 5.74.